The lowest BCUT2D eigenvalue weighted by molar-refractivity contribution is 0.310. The van der Waals surface area contributed by atoms with Gasteiger partial charge in [-0.2, -0.15) is 0 Å². The molecule has 2 rings (SSSR count). The van der Waals surface area contributed by atoms with Crippen molar-refractivity contribution in [1.29, 1.82) is 0 Å². The van der Waals surface area contributed by atoms with Gasteiger partial charge in [0.2, 0.25) is 0 Å². The third-order valence-corrected chi connectivity index (χ3v) is 3.30. The van der Waals surface area contributed by atoms with Gasteiger partial charge in [-0.25, -0.2) is 0 Å². The molecule has 2 aromatic rings. The van der Waals surface area contributed by atoms with E-state index in [1.54, 1.807) is 6.07 Å². The number of hydrogen-bond acceptors (Lipinski definition) is 3. The van der Waals surface area contributed by atoms with Gasteiger partial charge >= 0.3 is 0 Å². The van der Waals surface area contributed by atoms with Crippen LogP contribution in [0.2, 0.25) is 0 Å². The van der Waals surface area contributed by atoms with Crippen LogP contribution < -0.4 is 10.5 Å². The Morgan fingerprint density at radius 3 is 2.62 bits per heavy atom. The van der Waals surface area contributed by atoms with Crippen LogP contribution in [0, 0.1) is 6.92 Å². The minimum Gasteiger partial charge on any atom is -0.494 e. The lowest BCUT2D eigenvalue weighted by Crippen LogP contribution is -2.14. The molecule has 0 radical (unpaired) electrons. The van der Waals surface area contributed by atoms with Gasteiger partial charge in [0.25, 0.3) is 0 Å². The Bertz CT molecular complexity index is 609. The predicted molar refractivity (Wildman–Crippen MR) is 83.9 cm³/mol. The molecule has 0 saturated carbocycles. The quantitative estimate of drug-likeness (QED) is 0.281. The molecular weight excluding hydrogens is 264 g/mol. The van der Waals surface area contributed by atoms with Gasteiger partial charge in [-0.3, -0.25) is 0 Å². The van der Waals surface area contributed by atoms with Crippen LogP contribution in [0.3, 0.4) is 0 Å². The maximum atomic E-state index is 8.70. The average Bonchev–Trinajstić information content (AvgIpc) is 2.52. The average molecular weight is 284 g/mol. The van der Waals surface area contributed by atoms with E-state index >= 15 is 0 Å². The normalized spacial score (nSPS) is 11.4. The summed E-state index contributed by atoms with van der Waals surface area (Å²) in [4.78, 5) is 0. The zero-order chi connectivity index (χ0) is 15.1. The number of nitrogens with two attached hydrogens (primary N) is 1. The van der Waals surface area contributed by atoms with E-state index in [1.807, 2.05) is 37.3 Å². The Kier molecular flexibility index (Phi) is 5.21. The number of nitrogens with zero attached hydrogens (tertiary/aromatic N) is 1. The second-order valence-electron chi connectivity index (χ2n) is 4.90. The number of hydrogen-bond donors (Lipinski definition) is 2. The topological polar surface area (TPSA) is 67.8 Å². The third-order valence-electron chi connectivity index (χ3n) is 3.30. The zero-order valence-electron chi connectivity index (χ0n) is 12.1. The Labute approximate surface area is 124 Å². The first-order valence-electron chi connectivity index (χ1n) is 6.96. The SMILES string of the molecule is Cc1cc(OCCCc2ccccc2)ccc1/C(N)=N/O. The van der Waals surface area contributed by atoms with Crippen LogP contribution in [-0.4, -0.2) is 17.6 Å². The highest BCUT2D eigenvalue weighted by molar-refractivity contribution is 5.98. The standard InChI is InChI=1S/C17H20N2O2/c1-13-12-15(9-10-16(13)17(18)19-20)21-11-5-8-14-6-3-2-4-7-14/h2-4,6-7,9-10,12,20H,5,8,11H2,1H3,(H2,18,19). The summed E-state index contributed by atoms with van der Waals surface area (Å²) in [5.74, 6) is 0.915. The Hall–Kier alpha value is -2.49. The van der Waals surface area contributed by atoms with Gasteiger partial charge in [0.15, 0.2) is 5.84 Å². The maximum absolute atomic E-state index is 8.70. The summed E-state index contributed by atoms with van der Waals surface area (Å²) in [6, 6.07) is 15.9. The van der Waals surface area contributed by atoms with Crippen LogP contribution >= 0.6 is 0 Å². The van der Waals surface area contributed by atoms with E-state index in [0.29, 0.717) is 12.2 Å². The fraction of sp³-hybridized carbons (Fsp3) is 0.235. The first kappa shape index (κ1) is 14.9. The van der Waals surface area contributed by atoms with Gasteiger partial charge in [-0.1, -0.05) is 35.5 Å². The van der Waals surface area contributed by atoms with Crippen molar-refractivity contribution in [3.8, 4) is 5.75 Å². The van der Waals surface area contributed by atoms with Gasteiger partial charge in [-0.15, -0.1) is 0 Å². The van der Waals surface area contributed by atoms with E-state index in [0.717, 1.165) is 24.2 Å². The summed E-state index contributed by atoms with van der Waals surface area (Å²) in [5.41, 5.74) is 8.55. The van der Waals surface area contributed by atoms with Gasteiger partial charge in [0.1, 0.15) is 5.75 Å². The Morgan fingerprint density at radius 1 is 1.19 bits per heavy atom. The molecule has 4 nitrogen and oxygen atoms in total. The highest BCUT2D eigenvalue weighted by atomic mass is 16.5. The molecule has 3 N–H and O–H groups in total. The second kappa shape index (κ2) is 7.33. The molecule has 0 heterocycles. The number of ether oxygens (including phenoxy) is 1. The van der Waals surface area contributed by atoms with Gasteiger partial charge < -0.3 is 15.7 Å². The molecule has 0 aliphatic rings. The summed E-state index contributed by atoms with van der Waals surface area (Å²) in [6.07, 6.45) is 1.97. The van der Waals surface area contributed by atoms with Crippen molar-refractivity contribution in [2.24, 2.45) is 10.9 Å². The number of rotatable bonds is 6. The van der Waals surface area contributed by atoms with Crippen LogP contribution in [0.1, 0.15) is 23.1 Å². The summed E-state index contributed by atoms with van der Waals surface area (Å²) in [6.45, 7) is 2.57. The fourth-order valence-corrected chi connectivity index (χ4v) is 2.18. The molecule has 0 saturated heterocycles. The number of benzene rings is 2. The molecule has 4 heteroatoms. The zero-order valence-corrected chi connectivity index (χ0v) is 12.1. The molecule has 0 aromatic heterocycles. The van der Waals surface area contributed by atoms with Crippen LogP contribution in [0.4, 0.5) is 0 Å². The summed E-state index contributed by atoms with van der Waals surface area (Å²) >= 11 is 0. The molecule has 0 atom stereocenters. The summed E-state index contributed by atoms with van der Waals surface area (Å²) in [7, 11) is 0. The maximum Gasteiger partial charge on any atom is 0.170 e. The van der Waals surface area contributed by atoms with Crippen LogP contribution in [0.5, 0.6) is 5.75 Å². The monoisotopic (exact) mass is 284 g/mol. The van der Waals surface area contributed by atoms with E-state index < -0.39 is 0 Å². The predicted octanol–water partition coefficient (Wildman–Crippen LogP) is 3.10. The van der Waals surface area contributed by atoms with E-state index in [4.69, 9.17) is 15.7 Å². The van der Waals surface area contributed by atoms with Crippen LogP contribution in [-0.2, 0) is 6.42 Å². The third kappa shape index (κ3) is 4.24. The number of oxime groups is 1. The Balaban J connectivity index is 1.85. The Morgan fingerprint density at radius 2 is 1.95 bits per heavy atom. The van der Waals surface area contributed by atoms with Crippen LogP contribution in [0.25, 0.3) is 0 Å². The highest BCUT2D eigenvalue weighted by Gasteiger charge is 2.05. The first-order valence-corrected chi connectivity index (χ1v) is 6.96. The first-order chi connectivity index (χ1) is 10.2. The van der Waals surface area contributed by atoms with Crippen molar-refractivity contribution in [1.82, 2.24) is 0 Å². The molecule has 0 fully saturated rings. The van der Waals surface area contributed by atoms with Crippen molar-refractivity contribution in [2.75, 3.05) is 6.61 Å². The minimum absolute atomic E-state index is 0.114. The largest absolute Gasteiger partial charge is 0.494 e. The van der Waals surface area contributed by atoms with Crippen molar-refractivity contribution >= 4 is 5.84 Å². The molecule has 2 aromatic carbocycles. The molecule has 21 heavy (non-hydrogen) atoms. The molecule has 0 aliphatic carbocycles. The van der Waals surface area contributed by atoms with Gasteiger partial charge in [0, 0.05) is 5.56 Å². The van der Waals surface area contributed by atoms with Gasteiger partial charge in [0.05, 0.1) is 6.61 Å². The van der Waals surface area contributed by atoms with Crippen molar-refractivity contribution in [3.63, 3.8) is 0 Å². The van der Waals surface area contributed by atoms with Crippen molar-refractivity contribution in [3.05, 3.63) is 65.2 Å². The van der Waals surface area contributed by atoms with E-state index in [9.17, 15) is 0 Å². The van der Waals surface area contributed by atoms with Crippen LogP contribution in [0.15, 0.2) is 53.7 Å². The minimum atomic E-state index is 0.114. The summed E-state index contributed by atoms with van der Waals surface area (Å²) < 4.78 is 5.73. The lowest BCUT2D eigenvalue weighted by Gasteiger charge is -2.09. The molecule has 0 spiro atoms. The number of aryl methyl sites for hydroxylation is 2. The van der Waals surface area contributed by atoms with Crippen molar-refractivity contribution in [2.45, 2.75) is 19.8 Å². The molecular formula is C17H20N2O2. The van der Waals surface area contributed by atoms with E-state index in [-0.39, 0.29) is 5.84 Å². The second-order valence-corrected chi connectivity index (χ2v) is 4.90. The number of amidine groups is 1. The molecule has 110 valence electrons. The molecule has 0 amide bonds. The summed E-state index contributed by atoms with van der Waals surface area (Å²) in [5, 5.41) is 11.7. The molecule has 0 aliphatic heterocycles. The highest BCUT2D eigenvalue weighted by Crippen LogP contribution is 2.17. The van der Waals surface area contributed by atoms with E-state index in [2.05, 4.69) is 17.3 Å². The smallest absolute Gasteiger partial charge is 0.170 e. The molecule has 0 unspecified atom stereocenters. The lowest BCUT2D eigenvalue weighted by atomic mass is 10.1. The van der Waals surface area contributed by atoms with Crippen molar-refractivity contribution < 1.29 is 9.94 Å². The fourth-order valence-electron chi connectivity index (χ4n) is 2.18. The van der Waals surface area contributed by atoms with E-state index in [1.165, 1.54) is 5.56 Å². The van der Waals surface area contributed by atoms with Gasteiger partial charge in [-0.05, 0) is 49.1 Å². The molecule has 0 bridgehead atoms.